The summed E-state index contributed by atoms with van der Waals surface area (Å²) in [6, 6.07) is 15.4. The van der Waals surface area contributed by atoms with Crippen molar-refractivity contribution in [3.05, 3.63) is 59.9 Å². The molecule has 0 spiro atoms. The van der Waals surface area contributed by atoms with Crippen LogP contribution < -0.4 is 10.2 Å². The fourth-order valence-electron chi connectivity index (χ4n) is 2.73. The molecule has 1 saturated carbocycles. The molecule has 1 aliphatic rings. The van der Waals surface area contributed by atoms with Gasteiger partial charge in [0.05, 0.1) is 17.4 Å². The molecule has 2 aromatic carbocycles. The zero-order valence-electron chi connectivity index (χ0n) is 12.5. The van der Waals surface area contributed by atoms with Crippen LogP contribution in [-0.2, 0) is 0 Å². The first-order valence-corrected chi connectivity index (χ1v) is 7.43. The van der Waals surface area contributed by atoms with Crippen LogP contribution in [0, 0.1) is 11.7 Å². The number of rotatable bonds is 5. The van der Waals surface area contributed by atoms with E-state index in [1.165, 1.54) is 18.5 Å². The van der Waals surface area contributed by atoms with Crippen molar-refractivity contribution in [2.24, 2.45) is 5.92 Å². The Morgan fingerprint density at radius 3 is 2.33 bits per heavy atom. The van der Waals surface area contributed by atoms with Crippen LogP contribution in [0.5, 0.6) is 0 Å². The molecule has 0 heterocycles. The Hall–Kier alpha value is -2.03. The molecule has 21 heavy (non-hydrogen) atoms. The maximum absolute atomic E-state index is 13.1. The second-order valence-electron chi connectivity index (χ2n) is 5.92. The summed E-state index contributed by atoms with van der Waals surface area (Å²) >= 11 is 0. The number of hydrogen-bond acceptors (Lipinski definition) is 2. The van der Waals surface area contributed by atoms with Gasteiger partial charge in [0.25, 0.3) is 0 Å². The van der Waals surface area contributed by atoms with Crippen molar-refractivity contribution in [1.82, 2.24) is 0 Å². The Balaban J connectivity index is 1.88. The fraction of sp³-hybridized carbons (Fsp3) is 0.333. The first-order chi connectivity index (χ1) is 10.1. The smallest absolute Gasteiger partial charge is 0.123 e. The van der Waals surface area contributed by atoms with Gasteiger partial charge >= 0.3 is 0 Å². The third kappa shape index (κ3) is 3.18. The van der Waals surface area contributed by atoms with Gasteiger partial charge in [0.15, 0.2) is 0 Å². The molecule has 1 unspecified atom stereocenters. The minimum atomic E-state index is -0.179. The van der Waals surface area contributed by atoms with Gasteiger partial charge in [-0.15, -0.1) is 0 Å². The van der Waals surface area contributed by atoms with Crippen LogP contribution in [0.4, 0.5) is 15.8 Å². The average Bonchev–Trinajstić information content (AvgIpc) is 3.31. The van der Waals surface area contributed by atoms with Gasteiger partial charge < -0.3 is 10.2 Å². The minimum absolute atomic E-state index is 0.179. The quantitative estimate of drug-likeness (QED) is 0.872. The molecular weight excluding hydrogens is 263 g/mol. The van der Waals surface area contributed by atoms with Crippen molar-refractivity contribution in [1.29, 1.82) is 0 Å². The topological polar surface area (TPSA) is 15.3 Å². The molecule has 2 aromatic rings. The predicted octanol–water partition coefficient (Wildman–Crippen LogP) is 4.45. The van der Waals surface area contributed by atoms with Gasteiger partial charge in [-0.2, -0.15) is 0 Å². The van der Waals surface area contributed by atoms with E-state index in [-0.39, 0.29) is 11.9 Å². The van der Waals surface area contributed by atoms with E-state index in [9.17, 15) is 4.39 Å². The molecule has 1 N–H and O–H groups in total. The second-order valence-corrected chi connectivity index (χ2v) is 5.92. The van der Waals surface area contributed by atoms with Gasteiger partial charge in [-0.05, 0) is 48.6 Å². The van der Waals surface area contributed by atoms with E-state index in [2.05, 4.69) is 22.3 Å². The van der Waals surface area contributed by atoms with Crippen molar-refractivity contribution < 1.29 is 4.39 Å². The minimum Gasteiger partial charge on any atom is -0.376 e. The number of halogens is 1. The summed E-state index contributed by atoms with van der Waals surface area (Å²) in [5.74, 6) is 0.465. The number of hydrogen-bond donors (Lipinski definition) is 1. The lowest BCUT2D eigenvalue weighted by Gasteiger charge is -2.24. The zero-order valence-corrected chi connectivity index (χ0v) is 12.5. The van der Waals surface area contributed by atoms with E-state index in [1.807, 2.05) is 38.4 Å². The van der Waals surface area contributed by atoms with E-state index in [4.69, 9.17) is 0 Å². The normalized spacial score (nSPS) is 15.6. The van der Waals surface area contributed by atoms with Crippen molar-refractivity contribution in [2.45, 2.75) is 18.9 Å². The van der Waals surface area contributed by atoms with Gasteiger partial charge in [-0.1, -0.05) is 24.3 Å². The molecule has 110 valence electrons. The van der Waals surface area contributed by atoms with Gasteiger partial charge in [0.2, 0.25) is 0 Å². The van der Waals surface area contributed by atoms with Crippen LogP contribution in [-0.4, -0.2) is 14.1 Å². The van der Waals surface area contributed by atoms with Crippen LogP contribution in [0.1, 0.15) is 24.4 Å². The van der Waals surface area contributed by atoms with E-state index < -0.39 is 0 Å². The maximum Gasteiger partial charge on any atom is 0.123 e. The molecule has 0 bridgehead atoms. The summed E-state index contributed by atoms with van der Waals surface area (Å²) in [5.41, 5.74) is 3.46. The number of anilines is 2. The molecule has 1 atom stereocenters. The lowest BCUT2D eigenvalue weighted by Crippen LogP contribution is -2.17. The first-order valence-electron chi connectivity index (χ1n) is 7.43. The number of para-hydroxylation sites is 2. The van der Waals surface area contributed by atoms with Gasteiger partial charge in [0.1, 0.15) is 5.82 Å². The van der Waals surface area contributed by atoms with Crippen molar-refractivity contribution in [3.8, 4) is 0 Å². The molecule has 1 aliphatic carbocycles. The lowest BCUT2D eigenvalue weighted by atomic mass is 10.0. The summed E-state index contributed by atoms with van der Waals surface area (Å²) in [4.78, 5) is 2.11. The third-order valence-electron chi connectivity index (χ3n) is 4.02. The van der Waals surface area contributed by atoms with Gasteiger partial charge in [-0.3, -0.25) is 0 Å². The highest BCUT2D eigenvalue weighted by Crippen LogP contribution is 2.43. The SMILES string of the molecule is CN(C)c1ccccc1NC(c1ccc(F)cc1)C1CC1. The van der Waals surface area contributed by atoms with Gasteiger partial charge in [-0.25, -0.2) is 4.39 Å². The average molecular weight is 284 g/mol. The summed E-state index contributed by atoms with van der Waals surface area (Å²) in [6.45, 7) is 0. The van der Waals surface area contributed by atoms with Crippen LogP contribution in [0.15, 0.2) is 48.5 Å². The summed E-state index contributed by atoms with van der Waals surface area (Å²) in [7, 11) is 4.09. The van der Waals surface area contributed by atoms with E-state index in [0.717, 1.165) is 11.3 Å². The molecule has 0 aromatic heterocycles. The van der Waals surface area contributed by atoms with Crippen LogP contribution in [0.25, 0.3) is 0 Å². The first kappa shape index (κ1) is 13.9. The molecule has 3 heteroatoms. The Morgan fingerprint density at radius 1 is 1.05 bits per heavy atom. The summed E-state index contributed by atoms with van der Waals surface area (Å²) in [5, 5.41) is 3.66. The molecule has 0 amide bonds. The monoisotopic (exact) mass is 284 g/mol. The highest BCUT2D eigenvalue weighted by Gasteiger charge is 2.32. The Morgan fingerprint density at radius 2 is 1.71 bits per heavy atom. The highest BCUT2D eigenvalue weighted by molar-refractivity contribution is 5.70. The summed E-state index contributed by atoms with van der Waals surface area (Å²) < 4.78 is 13.1. The van der Waals surface area contributed by atoms with E-state index >= 15 is 0 Å². The molecule has 0 saturated heterocycles. The van der Waals surface area contributed by atoms with Crippen molar-refractivity contribution in [2.75, 3.05) is 24.3 Å². The molecule has 0 aliphatic heterocycles. The summed E-state index contributed by atoms with van der Waals surface area (Å²) in [6.07, 6.45) is 2.47. The van der Waals surface area contributed by atoms with Crippen molar-refractivity contribution >= 4 is 11.4 Å². The van der Waals surface area contributed by atoms with E-state index in [0.29, 0.717) is 5.92 Å². The number of benzene rings is 2. The third-order valence-corrected chi connectivity index (χ3v) is 4.02. The highest BCUT2D eigenvalue weighted by atomic mass is 19.1. The maximum atomic E-state index is 13.1. The van der Waals surface area contributed by atoms with Gasteiger partial charge in [0, 0.05) is 14.1 Å². The molecular formula is C18H21FN2. The fourth-order valence-corrected chi connectivity index (χ4v) is 2.73. The molecule has 1 fully saturated rings. The Bertz CT molecular complexity index is 603. The number of nitrogens with one attached hydrogen (secondary N) is 1. The van der Waals surface area contributed by atoms with Crippen LogP contribution in [0.3, 0.4) is 0 Å². The lowest BCUT2D eigenvalue weighted by molar-refractivity contribution is 0.622. The van der Waals surface area contributed by atoms with Crippen molar-refractivity contribution in [3.63, 3.8) is 0 Å². The second kappa shape index (κ2) is 5.76. The van der Waals surface area contributed by atoms with Crippen LogP contribution >= 0.6 is 0 Å². The largest absolute Gasteiger partial charge is 0.376 e. The standard InChI is InChI=1S/C18H21FN2/c1-21(2)17-6-4-3-5-16(17)20-18(13-7-8-13)14-9-11-15(19)12-10-14/h3-6,9-13,18,20H,7-8H2,1-2H3. The molecule has 3 rings (SSSR count). The Labute approximate surface area is 125 Å². The molecule has 2 nitrogen and oxygen atoms in total. The number of nitrogens with zero attached hydrogens (tertiary/aromatic N) is 1. The molecule has 0 radical (unpaired) electrons. The zero-order chi connectivity index (χ0) is 14.8. The predicted molar refractivity (Wildman–Crippen MR) is 86.3 cm³/mol. The van der Waals surface area contributed by atoms with E-state index in [1.54, 1.807) is 12.1 Å². The Kier molecular flexibility index (Phi) is 3.82. The van der Waals surface area contributed by atoms with Crippen LogP contribution in [0.2, 0.25) is 0 Å².